The number of carbonyl (C=O) groups excluding carboxylic acids is 1. The number of rotatable bonds is 3. The van der Waals surface area contributed by atoms with Crippen LogP contribution < -0.4 is 5.76 Å². The molecule has 1 aliphatic rings. The summed E-state index contributed by atoms with van der Waals surface area (Å²) in [5.74, 6) is -2.74. The third kappa shape index (κ3) is 1.62. The van der Waals surface area contributed by atoms with Crippen molar-refractivity contribution in [2.75, 3.05) is 0 Å². The fourth-order valence-corrected chi connectivity index (χ4v) is 2.08. The Morgan fingerprint density at radius 2 is 2.11 bits per heavy atom. The zero-order chi connectivity index (χ0) is 12.9. The SMILES string of the molecule is O=C(O)C1CC1C(=O)c1ccc2oc(=O)[nH]c2c1. The van der Waals surface area contributed by atoms with E-state index in [1.165, 1.54) is 12.1 Å². The first-order valence-electron chi connectivity index (χ1n) is 5.46. The Kier molecular flexibility index (Phi) is 2.13. The number of hydrogen-bond acceptors (Lipinski definition) is 4. The van der Waals surface area contributed by atoms with Gasteiger partial charge < -0.3 is 9.52 Å². The molecule has 1 saturated carbocycles. The van der Waals surface area contributed by atoms with Crippen molar-refractivity contribution in [3.8, 4) is 0 Å². The van der Waals surface area contributed by atoms with Crippen LogP contribution in [0, 0.1) is 11.8 Å². The van der Waals surface area contributed by atoms with Crippen LogP contribution in [0.1, 0.15) is 16.8 Å². The molecule has 1 aliphatic carbocycles. The number of carboxylic acids is 1. The molecule has 1 aromatic carbocycles. The minimum absolute atomic E-state index is 0.202. The molecule has 2 atom stereocenters. The summed E-state index contributed by atoms with van der Waals surface area (Å²) >= 11 is 0. The number of fused-ring (bicyclic) bond motifs is 1. The first-order chi connectivity index (χ1) is 8.56. The summed E-state index contributed by atoms with van der Waals surface area (Å²) in [6.45, 7) is 0. The monoisotopic (exact) mass is 247 g/mol. The predicted molar refractivity (Wildman–Crippen MR) is 60.4 cm³/mol. The van der Waals surface area contributed by atoms with Gasteiger partial charge in [-0.1, -0.05) is 0 Å². The summed E-state index contributed by atoms with van der Waals surface area (Å²) in [6.07, 6.45) is 0.383. The highest BCUT2D eigenvalue weighted by Crippen LogP contribution is 2.41. The summed E-state index contributed by atoms with van der Waals surface area (Å²) in [4.78, 5) is 36.1. The summed E-state index contributed by atoms with van der Waals surface area (Å²) in [7, 11) is 0. The van der Waals surface area contributed by atoms with Crippen LogP contribution in [0.4, 0.5) is 0 Å². The van der Waals surface area contributed by atoms with E-state index in [1.807, 2.05) is 0 Å². The Balaban J connectivity index is 1.93. The van der Waals surface area contributed by atoms with E-state index in [0.29, 0.717) is 23.1 Å². The Morgan fingerprint density at radius 3 is 2.78 bits per heavy atom. The van der Waals surface area contributed by atoms with E-state index in [2.05, 4.69) is 4.98 Å². The summed E-state index contributed by atoms with van der Waals surface area (Å²) < 4.78 is 4.82. The quantitative estimate of drug-likeness (QED) is 0.789. The molecule has 1 fully saturated rings. The number of benzene rings is 1. The number of aromatic nitrogens is 1. The predicted octanol–water partition coefficient (Wildman–Crippen LogP) is 1.02. The van der Waals surface area contributed by atoms with Gasteiger partial charge in [-0.2, -0.15) is 0 Å². The average molecular weight is 247 g/mol. The highest BCUT2D eigenvalue weighted by Gasteiger charge is 2.48. The third-order valence-corrected chi connectivity index (χ3v) is 3.15. The zero-order valence-electron chi connectivity index (χ0n) is 9.17. The molecule has 3 rings (SSSR count). The second-order valence-corrected chi connectivity index (χ2v) is 4.38. The van der Waals surface area contributed by atoms with Crippen molar-refractivity contribution in [2.24, 2.45) is 11.8 Å². The molecule has 0 saturated heterocycles. The number of carbonyl (C=O) groups is 2. The standard InChI is InChI=1S/C12H9NO5/c14-10(6-4-7(6)11(15)16)5-1-2-9-8(3-5)13-12(17)18-9/h1-3,6-7H,4H2,(H,13,17)(H,15,16). The van der Waals surface area contributed by atoms with Crippen LogP contribution in [-0.4, -0.2) is 21.8 Å². The third-order valence-electron chi connectivity index (χ3n) is 3.15. The number of oxazole rings is 1. The minimum atomic E-state index is -0.939. The van der Waals surface area contributed by atoms with Crippen molar-refractivity contribution < 1.29 is 19.1 Å². The Labute approximate surface area is 100 Å². The van der Waals surface area contributed by atoms with E-state index >= 15 is 0 Å². The van der Waals surface area contributed by atoms with Gasteiger partial charge in [0.05, 0.1) is 11.4 Å². The number of aliphatic carboxylic acids is 1. The van der Waals surface area contributed by atoms with Crippen LogP contribution in [0.5, 0.6) is 0 Å². The second kappa shape index (κ2) is 3.56. The van der Waals surface area contributed by atoms with E-state index in [1.54, 1.807) is 6.07 Å². The van der Waals surface area contributed by atoms with Crippen LogP contribution >= 0.6 is 0 Å². The van der Waals surface area contributed by atoms with E-state index in [0.717, 1.165) is 0 Å². The number of carboxylic acid groups (broad SMARTS) is 1. The van der Waals surface area contributed by atoms with Gasteiger partial charge in [0, 0.05) is 11.5 Å². The van der Waals surface area contributed by atoms with Crippen LogP contribution in [0.3, 0.4) is 0 Å². The molecule has 0 bridgehead atoms. The van der Waals surface area contributed by atoms with E-state index in [9.17, 15) is 14.4 Å². The van der Waals surface area contributed by atoms with Crippen LogP contribution in [-0.2, 0) is 4.79 Å². The fourth-order valence-electron chi connectivity index (χ4n) is 2.08. The van der Waals surface area contributed by atoms with E-state index < -0.39 is 23.6 Å². The number of H-pyrrole nitrogens is 1. The van der Waals surface area contributed by atoms with Gasteiger partial charge in [-0.05, 0) is 24.6 Å². The first-order valence-corrected chi connectivity index (χ1v) is 5.46. The molecule has 2 aromatic rings. The van der Waals surface area contributed by atoms with Crippen molar-refractivity contribution in [1.82, 2.24) is 4.98 Å². The second-order valence-electron chi connectivity index (χ2n) is 4.38. The van der Waals surface area contributed by atoms with Crippen LogP contribution in [0.2, 0.25) is 0 Å². The molecule has 0 radical (unpaired) electrons. The van der Waals surface area contributed by atoms with Crippen molar-refractivity contribution in [1.29, 1.82) is 0 Å². The van der Waals surface area contributed by atoms with Gasteiger partial charge in [-0.3, -0.25) is 14.6 Å². The lowest BCUT2D eigenvalue weighted by molar-refractivity contribution is -0.138. The summed E-state index contributed by atoms with van der Waals surface area (Å²) in [5, 5.41) is 8.78. The van der Waals surface area contributed by atoms with Gasteiger partial charge in [-0.25, -0.2) is 4.79 Å². The first kappa shape index (κ1) is 10.8. The lowest BCUT2D eigenvalue weighted by Gasteiger charge is -1.98. The lowest BCUT2D eigenvalue weighted by Crippen LogP contribution is -2.08. The molecule has 6 nitrogen and oxygen atoms in total. The number of nitrogens with one attached hydrogen (secondary N) is 1. The number of Topliss-reactive ketones (excluding diaryl/α,β-unsaturated/α-hetero) is 1. The maximum atomic E-state index is 12.0. The van der Waals surface area contributed by atoms with E-state index in [-0.39, 0.29) is 5.78 Å². The molecule has 1 aromatic heterocycles. The molecule has 0 aliphatic heterocycles. The molecular weight excluding hydrogens is 238 g/mol. The number of ketones is 1. The minimum Gasteiger partial charge on any atom is -0.481 e. The smallest absolute Gasteiger partial charge is 0.417 e. The Bertz CT molecular complexity index is 711. The highest BCUT2D eigenvalue weighted by molar-refractivity contribution is 6.04. The van der Waals surface area contributed by atoms with E-state index in [4.69, 9.17) is 9.52 Å². The van der Waals surface area contributed by atoms with Crippen LogP contribution in [0.15, 0.2) is 27.4 Å². The molecule has 18 heavy (non-hydrogen) atoms. The van der Waals surface area contributed by atoms with Gasteiger partial charge in [0.2, 0.25) is 0 Å². The topological polar surface area (TPSA) is 100 Å². The summed E-state index contributed by atoms with van der Waals surface area (Å²) in [6, 6.07) is 4.58. The molecule has 1 heterocycles. The zero-order valence-corrected chi connectivity index (χ0v) is 9.17. The maximum Gasteiger partial charge on any atom is 0.417 e. The van der Waals surface area contributed by atoms with Gasteiger partial charge >= 0.3 is 11.7 Å². The summed E-state index contributed by atoms with van der Waals surface area (Å²) in [5.41, 5.74) is 1.22. The molecular formula is C12H9NO5. The maximum absolute atomic E-state index is 12.0. The molecule has 0 amide bonds. The normalized spacial score (nSPS) is 22.0. The van der Waals surface area contributed by atoms with Crippen molar-refractivity contribution in [3.05, 3.63) is 34.3 Å². The Morgan fingerprint density at radius 1 is 1.33 bits per heavy atom. The highest BCUT2D eigenvalue weighted by atomic mass is 16.4. The van der Waals surface area contributed by atoms with Gasteiger partial charge in [-0.15, -0.1) is 0 Å². The molecule has 92 valence electrons. The molecule has 2 N–H and O–H groups in total. The van der Waals surface area contributed by atoms with Crippen molar-refractivity contribution >= 4 is 22.9 Å². The lowest BCUT2D eigenvalue weighted by atomic mass is 10.1. The number of hydrogen-bond donors (Lipinski definition) is 2. The molecule has 0 spiro atoms. The largest absolute Gasteiger partial charge is 0.481 e. The van der Waals surface area contributed by atoms with Gasteiger partial charge in [0.25, 0.3) is 0 Å². The van der Waals surface area contributed by atoms with Crippen molar-refractivity contribution in [2.45, 2.75) is 6.42 Å². The average Bonchev–Trinajstić information content (AvgIpc) is 3.03. The molecule has 6 heteroatoms. The number of aromatic amines is 1. The van der Waals surface area contributed by atoms with Gasteiger partial charge in [0.15, 0.2) is 11.4 Å². The Hall–Kier alpha value is -2.37. The fraction of sp³-hybridized carbons (Fsp3) is 0.250. The van der Waals surface area contributed by atoms with Crippen molar-refractivity contribution in [3.63, 3.8) is 0 Å². The molecule has 2 unspecified atom stereocenters. The van der Waals surface area contributed by atoms with Gasteiger partial charge in [0.1, 0.15) is 0 Å². The van der Waals surface area contributed by atoms with Crippen LogP contribution in [0.25, 0.3) is 11.1 Å².